The standard InChI is InChI=1S/C7H6N2O2/c10-6-2-1-5-3-8-4-9-7(5)11-6/h3-4H,1-2H2. The summed E-state index contributed by atoms with van der Waals surface area (Å²) in [6, 6.07) is 0. The second kappa shape index (κ2) is 2.30. The van der Waals surface area contributed by atoms with Gasteiger partial charge in [0.2, 0.25) is 5.88 Å². The van der Waals surface area contributed by atoms with E-state index in [4.69, 9.17) is 4.74 Å². The van der Waals surface area contributed by atoms with Crippen LogP contribution in [0.2, 0.25) is 0 Å². The zero-order chi connectivity index (χ0) is 7.68. The molecule has 1 aliphatic rings. The van der Waals surface area contributed by atoms with Gasteiger partial charge in [-0.25, -0.2) is 9.97 Å². The van der Waals surface area contributed by atoms with Crippen LogP contribution in [0.15, 0.2) is 12.5 Å². The minimum Gasteiger partial charge on any atom is -0.407 e. The fourth-order valence-corrected chi connectivity index (χ4v) is 1.01. The van der Waals surface area contributed by atoms with Crippen LogP contribution in [0.3, 0.4) is 0 Å². The van der Waals surface area contributed by atoms with Gasteiger partial charge in [0, 0.05) is 11.8 Å². The fraction of sp³-hybridized carbons (Fsp3) is 0.286. The highest BCUT2D eigenvalue weighted by Crippen LogP contribution is 2.19. The van der Waals surface area contributed by atoms with Gasteiger partial charge in [0.05, 0.1) is 6.42 Å². The van der Waals surface area contributed by atoms with Gasteiger partial charge in [-0.3, -0.25) is 4.79 Å². The van der Waals surface area contributed by atoms with E-state index in [0.717, 1.165) is 5.56 Å². The molecule has 0 aliphatic carbocycles. The lowest BCUT2D eigenvalue weighted by Gasteiger charge is -2.11. The number of nitrogens with zero attached hydrogens (tertiary/aromatic N) is 2. The largest absolute Gasteiger partial charge is 0.407 e. The average molecular weight is 150 g/mol. The van der Waals surface area contributed by atoms with Crippen molar-refractivity contribution in [2.45, 2.75) is 12.8 Å². The van der Waals surface area contributed by atoms with Crippen molar-refractivity contribution in [3.05, 3.63) is 18.1 Å². The molecule has 0 N–H and O–H groups in total. The van der Waals surface area contributed by atoms with Gasteiger partial charge in [-0.2, -0.15) is 0 Å². The summed E-state index contributed by atoms with van der Waals surface area (Å²) in [5.74, 6) is 0.201. The van der Waals surface area contributed by atoms with E-state index < -0.39 is 0 Å². The van der Waals surface area contributed by atoms with E-state index in [-0.39, 0.29) is 5.97 Å². The van der Waals surface area contributed by atoms with Crippen molar-refractivity contribution >= 4 is 5.97 Å². The van der Waals surface area contributed by atoms with Crippen molar-refractivity contribution < 1.29 is 9.53 Å². The molecule has 2 heterocycles. The molecule has 4 nitrogen and oxygen atoms in total. The molecule has 0 fully saturated rings. The number of aryl methyl sites for hydroxylation is 1. The van der Waals surface area contributed by atoms with E-state index in [2.05, 4.69) is 9.97 Å². The number of aromatic nitrogens is 2. The van der Waals surface area contributed by atoms with Gasteiger partial charge in [-0.05, 0) is 6.42 Å². The highest BCUT2D eigenvalue weighted by Gasteiger charge is 2.17. The molecule has 1 aromatic heterocycles. The van der Waals surface area contributed by atoms with Gasteiger partial charge in [-0.1, -0.05) is 0 Å². The maximum atomic E-state index is 10.7. The summed E-state index contributed by atoms with van der Waals surface area (Å²) in [5.41, 5.74) is 0.909. The summed E-state index contributed by atoms with van der Waals surface area (Å²) in [6.07, 6.45) is 4.17. The summed E-state index contributed by atoms with van der Waals surface area (Å²) >= 11 is 0. The molecule has 0 unspecified atom stereocenters. The van der Waals surface area contributed by atoms with Gasteiger partial charge in [0.25, 0.3) is 0 Å². The maximum Gasteiger partial charge on any atom is 0.312 e. The van der Waals surface area contributed by atoms with Crippen LogP contribution in [-0.4, -0.2) is 15.9 Å². The van der Waals surface area contributed by atoms with Crippen LogP contribution in [0.4, 0.5) is 0 Å². The van der Waals surface area contributed by atoms with E-state index in [1.54, 1.807) is 6.20 Å². The Morgan fingerprint density at radius 1 is 1.45 bits per heavy atom. The Bertz CT molecular complexity index is 298. The zero-order valence-electron chi connectivity index (χ0n) is 5.78. The third-order valence-corrected chi connectivity index (χ3v) is 1.56. The Morgan fingerprint density at radius 3 is 3.27 bits per heavy atom. The number of carbonyl (C=O) groups excluding carboxylic acids is 1. The molecular weight excluding hydrogens is 144 g/mol. The molecule has 0 radical (unpaired) electrons. The summed E-state index contributed by atoms with van der Waals surface area (Å²) in [7, 11) is 0. The molecule has 2 rings (SSSR count). The molecule has 1 aliphatic heterocycles. The number of esters is 1. The summed E-state index contributed by atoms with van der Waals surface area (Å²) in [6.45, 7) is 0. The van der Waals surface area contributed by atoms with Crippen molar-refractivity contribution in [2.24, 2.45) is 0 Å². The van der Waals surface area contributed by atoms with E-state index in [1.807, 2.05) is 0 Å². The van der Waals surface area contributed by atoms with Crippen molar-refractivity contribution in [2.75, 3.05) is 0 Å². The zero-order valence-corrected chi connectivity index (χ0v) is 5.78. The second-order valence-electron chi connectivity index (χ2n) is 2.33. The molecule has 4 heteroatoms. The molecule has 0 saturated heterocycles. The first-order chi connectivity index (χ1) is 5.36. The minimum atomic E-state index is -0.212. The van der Waals surface area contributed by atoms with Crippen molar-refractivity contribution in [1.29, 1.82) is 0 Å². The Morgan fingerprint density at radius 2 is 2.36 bits per heavy atom. The van der Waals surface area contributed by atoms with Crippen molar-refractivity contribution in [1.82, 2.24) is 9.97 Å². The second-order valence-corrected chi connectivity index (χ2v) is 2.33. The van der Waals surface area contributed by atoms with Crippen LogP contribution in [0, 0.1) is 0 Å². The lowest BCUT2D eigenvalue weighted by atomic mass is 10.1. The van der Waals surface area contributed by atoms with Gasteiger partial charge >= 0.3 is 5.97 Å². The normalized spacial score (nSPS) is 15.5. The monoisotopic (exact) mass is 150 g/mol. The Labute approximate surface area is 63.2 Å². The first kappa shape index (κ1) is 6.27. The topological polar surface area (TPSA) is 52.1 Å². The maximum absolute atomic E-state index is 10.7. The molecule has 1 aromatic rings. The van der Waals surface area contributed by atoms with Gasteiger partial charge in [0.15, 0.2) is 0 Å². The molecule has 0 amide bonds. The molecule has 0 bridgehead atoms. The molecule has 0 atom stereocenters. The minimum absolute atomic E-state index is 0.212. The Kier molecular flexibility index (Phi) is 1.31. The van der Waals surface area contributed by atoms with Crippen LogP contribution < -0.4 is 4.74 Å². The SMILES string of the molecule is O=C1CCc2cncnc2O1. The number of hydrogen-bond acceptors (Lipinski definition) is 4. The van der Waals surface area contributed by atoms with Crippen LogP contribution >= 0.6 is 0 Å². The third-order valence-electron chi connectivity index (χ3n) is 1.56. The number of fused-ring (bicyclic) bond motifs is 1. The van der Waals surface area contributed by atoms with Crippen molar-refractivity contribution in [3.63, 3.8) is 0 Å². The van der Waals surface area contributed by atoms with Gasteiger partial charge in [-0.15, -0.1) is 0 Å². The molecule has 0 aromatic carbocycles. The highest BCUT2D eigenvalue weighted by molar-refractivity contribution is 5.74. The smallest absolute Gasteiger partial charge is 0.312 e. The molecule has 56 valence electrons. The van der Waals surface area contributed by atoms with E-state index in [1.165, 1.54) is 6.33 Å². The number of hydrogen-bond donors (Lipinski definition) is 0. The Hall–Kier alpha value is -1.45. The van der Waals surface area contributed by atoms with Crippen LogP contribution in [0.5, 0.6) is 5.88 Å². The average Bonchev–Trinajstić information content (AvgIpc) is 2.04. The van der Waals surface area contributed by atoms with Crippen molar-refractivity contribution in [3.8, 4) is 5.88 Å². The number of carbonyl (C=O) groups is 1. The third kappa shape index (κ3) is 1.07. The first-order valence-electron chi connectivity index (χ1n) is 3.36. The Balaban J connectivity index is 2.41. The molecule has 0 saturated carbocycles. The number of rotatable bonds is 0. The van der Waals surface area contributed by atoms with E-state index >= 15 is 0 Å². The summed E-state index contributed by atoms with van der Waals surface area (Å²) in [5, 5.41) is 0. The van der Waals surface area contributed by atoms with Crippen LogP contribution in [0.1, 0.15) is 12.0 Å². The molecule has 0 spiro atoms. The van der Waals surface area contributed by atoms with E-state index in [0.29, 0.717) is 18.7 Å². The summed E-state index contributed by atoms with van der Waals surface area (Å²) in [4.78, 5) is 18.4. The summed E-state index contributed by atoms with van der Waals surface area (Å²) < 4.78 is 4.84. The van der Waals surface area contributed by atoms with E-state index in [9.17, 15) is 4.79 Å². The van der Waals surface area contributed by atoms with Gasteiger partial charge < -0.3 is 4.74 Å². The van der Waals surface area contributed by atoms with Gasteiger partial charge in [0.1, 0.15) is 6.33 Å². The predicted octanol–water partition coefficient (Wildman–Crippen LogP) is 0.328. The lowest BCUT2D eigenvalue weighted by molar-refractivity contribution is -0.135. The quantitative estimate of drug-likeness (QED) is 0.500. The lowest BCUT2D eigenvalue weighted by Crippen LogP contribution is -2.16. The molecular formula is C7H6N2O2. The number of ether oxygens (including phenoxy) is 1. The predicted molar refractivity (Wildman–Crippen MR) is 36.0 cm³/mol. The highest BCUT2D eigenvalue weighted by atomic mass is 16.5. The van der Waals surface area contributed by atoms with Crippen LogP contribution in [-0.2, 0) is 11.2 Å². The fourth-order valence-electron chi connectivity index (χ4n) is 1.01. The first-order valence-corrected chi connectivity index (χ1v) is 3.36. The molecule has 11 heavy (non-hydrogen) atoms. The van der Waals surface area contributed by atoms with Crippen LogP contribution in [0.25, 0.3) is 0 Å².